The van der Waals surface area contributed by atoms with Gasteiger partial charge >= 0.3 is 0 Å². The summed E-state index contributed by atoms with van der Waals surface area (Å²) < 4.78 is 0. The van der Waals surface area contributed by atoms with Crippen LogP contribution < -0.4 is 5.32 Å². The number of aryl methyl sites for hydroxylation is 1. The molecule has 4 heteroatoms. The number of nitrogens with one attached hydrogen (secondary N) is 1. The van der Waals surface area contributed by atoms with Crippen LogP contribution in [0.1, 0.15) is 36.5 Å². The summed E-state index contributed by atoms with van der Waals surface area (Å²) in [6.07, 6.45) is 3.72. The van der Waals surface area contributed by atoms with Crippen LogP contribution in [0, 0.1) is 6.92 Å². The van der Waals surface area contributed by atoms with E-state index in [1.165, 1.54) is 5.56 Å². The molecule has 0 radical (unpaired) electrons. The molecule has 0 saturated carbocycles. The summed E-state index contributed by atoms with van der Waals surface area (Å²) in [5, 5.41) is 12.9. The molecule has 2 N–H and O–H groups in total. The minimum Gasteiger partial charge on any atom is -0.508 e. The number of hydrogen-bond donors (Lipinski definition) is 2. The minimum atomic E-state index is 0.168. The van der Waals surface area contributed by atoms with Gasteiger partial charge < -0.3 is 10.4 Å². The summed E-state index contributed by atoms with van der Waals surface area (Å²) in [5.74, 6) is 1.08. The number of hydrogen-bond acceptors (Lipinski definition) is 4. The SMILES string of the molecule is CCCNC(Cc1ccc(O)cc1)c1ccnc(C)n1. The second kappa shape index (κ2) is 7.01. The van der Waals surface area contributed by atoms with Crippen LogP contribution in [0.3, 0.4) is 0 Å². The molecule has 1 unspecified atom stereocenters. The Morgan fingerprint density at radius 2 is 1.95 bits per heavy atom. The summed E-state index contributed by atoms with van der Waals surface area (Å²) in [6.45, 7) is 5.00. The Balaban J connectivity index is 2.16. The number of phenolic OH excluding ortho intramolecular Hbond substituents is 1. The maximum Gasteiger partial charge on any atom is 0.125 e. The van der Waals surface area contributed by atoms with E-state index in [9.17, 15) is 5.11 Å². The van der Waals surface area contributed by atoms with Gasteiger partial charge in [-0.05, 0) is 50.1 Å². The van der Waals surface area contributed by atoms with Gasteiger partial charge in [0.15, 0.2) is 0 Å². The van der Waals surface area contributed by atoms with Crippen molar-refractivity contribution in [1.82, 2.24) is 15.3 Å². The predicted molar refractivity (Wildman–Crippen MR) is 79.6 cm³/mol. The van der Waals surface area contributed by atoms with Gasteiger partial charge in [0, 0.05) is 6.20 Å². The molecule has 0 aliphatic heterocycles. The quantitative estimate of drug-likeness (QED) is 0.848. The average molecular weight is 271 g/mol. The fraction of sp³-hybridized carbons (Fsp3) is 0.375. The van der Waals surface area contributed by atoms with E-state index in [4.69, 9.17) is 0 Å². The third-order valence-electron chi connectivity index (χ3n) is 3.17. The van der Waals surface area contributed by atoms with Gasteiger partial charge in [-0.2, -0.15) is 0 Å². The van der Waals surface area contributed by atoms with Gasteiger partial charge in [-0.25, -0.2) is 9.97 Å². The van der Waals surface area contributed by atoms with E-state index in [2.05, 4.69) is 22.2 Å². The van der Waals surface area contributed by atoms with Crippen LogP contribution in [0.5, 0.6) is 5.75 Å². The van der Waals surface area contributed by atoms with Crippen molar-refractivity contribution >= 4 is 0 Å². The van der Waals surface area contributed by atoms with Crippen molar-refractivity contribution in [3.63, 3.8) is 0 Å². The summed E-state index contributed by atoms with van der Waals surface area (Å²) in [7, 11) is 0. The molecule has 0 bridgehead atoms. The first-order valence-electron chi connectivity index (χ1n) is 7.00. The van der Waals surface area contributed by atoms with Crippen molar-refractivity contribution in [3.8, 4) is 5.75 Å². The van der Waals surface area contributed by atoms with Crippen LogP contribution in [0.4, 0.5) is 0 Å². The summed E-state index contributed by atoms with van der Waals surface area (Å²) >= 11 is 0. The fourth-order valence-corrected chi connectivity index (χ4v) is 2.14. The van der Waals surface area contributed by atoms with Crippen LogP contribution >= 0.6 is 0 Å². The number of aromatic hydroxyl groups is 1. The van der Waals surface area contributed by atoms with E-state index in [0.717, 1.165) is 30.9 Å². The van der Waals surface area contributed by atoms with Gasteiger partial charge in [-0.15, -0.1) is 0 Å². The molecule has 0 aliphatic rings. The fourth-order valence-electron chi connectivity index (χ4n) is 2.14. The molecule has 4 nitrogen and oxygen atoms in total. The van der Waals surface area contributed by atoms with Crippen molar-refractivity contribution in [3.05, 3.63) is 53.6 Å². The van der Waals surface area contributed by atoms with E-state index in [1.54, 1.807) is 18.3 Å². The monoisotopic (exact) mass is 271 g/mol. The molecule has 0 fully saturated rings. The average Bonchev–Trinajstić information content (AvgIpc) is 2.45. The maximum absolute atomic E-state index is 9.35. The van der Waals surface area contributed by atoms with Gasteiger partial charge in [-0.3, -0.25) is 0 Å². The lowest BCUT2D eigenvalue weighted by molar-refractivity contribution is 0.474. The topological polar surface area (TPSA) is 58.0 Å². The summed E-state index contributed by atoms with van der Waals surface area (Å²) in [5.41, 5.74) is 2.19. The van der Waals surface area contributed by atoms with Gasteiger partial charge in [0.1, 0.15) is 11.6 Å². The van der Waals surface area contributed by atoms with Crippen LogP contribution in [0.2, 0.25) is 0 Å². The van der Waals surface area contributed by atoms with Gasteiger partial charge in [0.25, 0.3) is 0 Å². The van der Waals surface area contributed by atoms with Gasteiger partial charge in [0.2, 0.25) is 0 Å². The molecular formula is C16H21N3O. The Morgan fingerprint density at radius 1 is 1.20 bits per heavy atom. The van der Waals surface area contributed by atoms with E-state index in [-0.39, 0.29) is 6.04 Å². The number of nitrogens with zero attached hydrogens (tertiary/aromatic N) is 2. The lowest BCUT2D eigenvalue weighted by atomic mass is 10.0. The highest BCUT2D eigenvalue weighted by Gasteiger charge is 2.13. The van der Waals surface area contributed by atoms with E-state index >= 15 is 0 Å². The van der Waals surface area contributed by atoms with Crippen LogP contribution in [0.25, 0.3) is 0 Å². The molecule has 0 aliphatic carbocycles. The molecular weight excluding hydrogens is 250 g/mol. The highest BCUT2D eigenvalue weighted by molar-refractivity contribution is 5.27. The largest absolute Gasteiger partial charge is 0.508 e. The second-order valence-corrected chi connectivity index (χ2v) is 4.91. The third-order valence-corrected chi connectivity index (χ3v) is 3.17. The molecule has 1 aromatic heterocycles. The lowest BCUT2D eigenvalue weighted by Gasteiger charge is -2.18. The normalized spacial score (nSPS) is 12.3. The molecule has 2 rings (SSSR count). The van der Waals surface area contributed by atoms with Crippen molar-refractivity contribution in [2.45, 2.75) is 32.7 Å². The lowest BCUT2D eigenvalue weighted by Crippen LogP contribution is -2.25. The number of rotatable bonds is 6. The van der Waals surface area contributed by atoms with Gasteiger partial charge in [0.05, 0.1) is 11.7 Å². The first-order valence-corrected chi connectivity index (χ1v) is 7.00. The van der Waals surface area contributed by atoms with E-state index in [0.29, 0.717) is 5.75 Å². The molecule has 20 heavy (non-hydrogen) atoms. The van der Waals surface area contributed by atoms with Gasteiger partial charge in [-0.1, -0.05) is 19.1 Å². The molecule has 2 aromatic rings. The highest BCUT2D eigenvalue weighted by Crippen LogP contribution is 2.18. The second-order valence-electron chi connectivity index (χ2n) is 4.91. The maximum atomic E-state index is 9.35. The zero-order valence-electron chi connectivity index (χ0n) is 12.0. The van der Waals surface area contributed by atoms with Crippen LogP contribution in [-0.4, -0.2) is 21.6 Å². The molecule has 0 saturated heterocycles. The van der Waals surface area contributed by atoms with E-state index in [1.807, 2.05) is 25.1 Å². The first kappa shape index (κ1) is 14.5. The number of phenols is 1. The molecule has 0 amide bonds. The number of aromatic nitrogens is 2. The van der Waals surface area contributed by atoms with Crippen molar-refractivity contribution in [2.24, 2.45) is 0 Å². The molecule has 106 valence electrons. The van der Waals surface area contributed by atoms with E-state index < -0.39 is 0 Å². The predicted octanol–water partition coefficient (Wildman–Crippen LogP) is 2.77. The molecule has 1 atom stereocenters. The summed E-state index contributed by atoms with van der Waals surface area (Å²) in [4.78, 5) is 8.67. The standard InChI is InChI=1S/C16H21N3O/c1-3-9-18-16(15-8-10-17-12(2)19-15)11-13-4-6-14(20)7-5-13/h4-8,10,16,18,20H,3,9,11H2,1-2H3. The molecule has 1 heterocycles. The Kier molecular flexibility index (Phi) is 5.07. The minimum absolute atomic E-state index is 0.168. The molecule has 0 spiro atoms. The molecule has 1 aromatic carbocycles. The Morgan fingerprint density at radius 3 is 2.60 bits per heavy atom. The van der Waals surface area contributed by atoms with Crippen LogP contribution in [-0.2, 0) is 6.42 Å². The Labute approximate surface area is 119 Å². The highest BCUT2D eigenvalue weighted by atomic mass is 16.3. The smallest absolute Gasteiger partial charge is 0.125 e. The Hall–Kier alpha value is -1.94. The first-order chi connectivity index (χ1) is 9.69. The third kappa shape index (κ3) is 4.03. The summed E-state index contributed by atoms with van der Waals surface area (Å²) in [6, 6.07) is 9.46. The van der Waals surface area contributed by atoms with Crippen molar-refractivity contribution in [1.29, 1.82) is 0 Å². The number of benzene rings is 1. The zero-order chi connectivity index (χ0) is 14.4. The zero-order valence-corrected chi connectivity index (χ0v) is 12.0. The van der Waals surface area contributed by atoms with Crippen LogP contribution in [0.15, 0.2) is 36.5 Å². The Bertz CT molecular complexity index is 540. The van der Waals surface area contributed by atoms with Crippen molar-refractivity contribution < 1.29 is 5.11 Å². The van der Waals surface area contributed by atoms with Crippen molar-refractivity contribution in [2.75, 3.05) is 6.54 Å².